The maximum atomic E-state index is 11.4. The molecule has 4 heterocycles. The fourth-order valence-corrected chi connectivity index (χ4v) is 3.21. The summed E-state index contributed by atoms with van der Waals surface area (Å²) in [5.41, 5.74) is -2.18. The Morgan fingerprint density at radius 2 is 1.39 bits per heavy atom. The van der Waals surface area contributed by atoms with Crippen molar-refractivity contribution in [3.05, 3.63) is 66.2 Å². The number of nitrogens with zero attached hydrogens (tertiary/aromatic N) is 2. The van der Waals surface area contributed by atoms with Crippen molar-refractivity contribution >= 4 is 18.4 Å². The van der Waals surface area contributed by atoms with Gasteiger partial charge in [0.2, 0.25) is 0 Å². The van der Waals surface area contributed by atoms with Gasteiger partial charge in [-0.3, -0.25) is 28.6 Å². The summed E-state index contributed by atoms with van der Waals surface area (Å²) in [5.74, 6) is 0. The fraction of sp³-hybridized carbons (Fsp3) is 0.619. The van der Waals surface area contributed by atoms with Crippen molar-refractivity contribution in [2.75, 3.05) is 13.2 Å². The summed E-state index contributed by atoms with van der Waals surface area (Å²) >= 11 is 0. The third kappa shape index (κ3) is 13.7. The van der Waals surface area contributed by atoms with Crippen molar-refractivity contribution in [1.29, 1.82) is 0 Å². The third-order valence-corrected chi connectivity index (χ3v) is 5.11. The van der Waals surface area contributed by atoms with E-state index in [0.717, 1.165) is 16.8 Å². The van der Waals surface area contributed by atoms with Crippen LogP contribution in [0.3, 0.4) is 0 Å². The van der Waals surface area contributed by atoms with Crippen LogP contribution in [0, 0.1) is 0 Å². The Morgan fingerprint density at radius 1 is 0.902 bits per heavy atom. The van der Waals surface area contributed by atoms with Gasteiger partial charge in [0.05, 0.1) is 19.3 Å². The van der Waals surface area contributed by atoms with Gasteiger partial charge in [0, 0.05) is 57.2 Å². The van der Waals surface area contributed by atoms with Crippen LogP contribution in [0.5, 0.6) is 0 Å². The van der Waals surface area contributed by atoms with Crippen LogP contribution in [0.15, 0.2) is 48.2 Å². The maximum Gasteiger partial charge on any atom is 0.330 e. The van der Waals surface area contributed by atoms with E-state index in [2.05, 4.69) is 27.9 Å². The van der Waals surface area contributed by atoms with E-state index in [0.29, 0.717) is 0 Å². The van der Waals surface area contributed by atoms with Crippen LogP contribution in [0.2, 0.25) is 0 Å². The Hall–Kier alpha value is -1.33. The molecule has 1 radical (unpaired) electrons. The minimum Gasteiger partial charge on any atom is -0.394 e. The SMILES string of the molecule is C.C.C[C@H]1O[C@H](CO)C(O)[C@@H]1O.O=c1cc[nH]c(=O)[nH]1.O=c1ccn([C@@H]2O[C@H](CO)C(O)[C@@H]2O)c(=O)[nH]1.P=NP.[Y]. The van der Waals surface area contributed by atoms with Gasteiger partial charge in [-0.15, -0.1) is 0 Å². The van der Waals surface area contributed by atoms with E-state index in [-0.39, 0.29) is 65.8 Å². The van der Waals surface area contributed by atoms with Gasteiger partial charge in [0.1, 0.15) is 36.6 Å². The van der Waals surface area contributed by atoms with E-state index < -0.39 is 66.4 Å². The van der Waals surface area contributed by atoms with E-state index in [1.807, 2.05) is 9.97 Å². The first-order valence-electron chi connectivity index (χ1n) is 10.8. The summed E-state index contributed by atoms with van der Waals surface area (Å²) in [5, 5.41) is 54.8. The Bertz CT molecular complexity index is 1200. The van der Waals surface area contributed by atoms with Crippen LogP contribution >= 0.6 is 18.4 Å². The van der Waals surface area contributed by atoms with E-state index in [1.165, 1.54) is 12.3 Å². The van der Waals surface area contributed by atoms with Crippen LogP contribution in [0.4, 0.5) is 0 Å². The number of H-pyrrole nitrogens is 3. The van der Waals surface area contributed by atoms with Gasteiger partial charge < -0.3 is 45.1 Å². The van der Waals surface area contributed by atoms with Crippen molar-refractivity contribution in [1.82, 2.24) is 19.5 Å². The number of aliphatic hydroxyl groups is 6. The molecule has 0 amide bonds. The molecule has 0 spiro atoms. The first kappa shape index (κ1) is 44.1. The summed E-state index contributed by atoms with van der Waals surface area (Å²) in [6.45, 7) is 0.930. The first-order chi connectivity index (χ1) is 17.9. The average Bonchev–Trinajstić information content (AvgIpc) is 3.29. The molecule has 2 aromatic heterocycles. The molecule has 2 aliphatic heterocycles. The number of aromatic nitrogens is 4. The molecule has 2 fully saturated rings. The molecule has 0 saturated carbocycles. The number of hydrogen-bond acceptors (Lipinski definition) is 13. The van der Waals surface area contributed by atoms with Gasteiger partial charge >= 0.3 is 11.4 Å². The molecule has 2 aromatic rings. The van der Waals surface area contributed by atoms with Crippen molar-refractivity contribution in [3.63, 3.8) is 0 Å². The number of nitrogens with one attached hydrogen (secondary N) is 3. The Labute approximate surface area is 264 Å². The zero-order valence-electron chi connectivity index (χ0n) is 20.5. The number of ether oxygens (including phenoxy) is 2. The van der Waals surface area contributed by atoms with Crippen LogP contribution in [0.1, 0.15) is 28.0 Å². The fourth-order valence-electron chi connectivity index (χ4n) is 3.21. The molecule has 0 aromatic carbocycles. The molecular weight excluding hydrogens is 665 g/mol. The monoisotopic (exact) mass is 704 g/mol. The summed E-state index contributed by atoms with van der Waals surface area (Å²) in [6.07, 6.45) is -5.10. The van der Waals surface area contributed by atoms with Crippen molar-refractivity contribution in [3.8, 4) is 0 Å². The second kappa shape index (κ2) is 22.2. The zero-order valence-corrected chi connectivity index (χ0v) is 25.5. The van der Waals surface area contributed by atoms with Gasteiger partial charge in [-0.05, 0) is 25.3 Å². The molecule has 41 heavy (non-hydrogen) atoms. The molecule has 9 N–H and O–H groups in total. The molecule has 0 bridgehead atoms. The minimum atomic E-state index is -1.35. The van der Waals surface area contributed by atoms with E-state index in [1.54, 1.807) is 6.92 Å². The predicted molar refractivity (Wildman–Crippen MR) is 149 cm³/mol. The average molecular weight is 704 g/mol. The molecule has 9 atom stereocenters. The molecule has 233 valence electrons. The van der Waals surface area contributed by atoms with Gasteiger partial charge in [-0.2, -0.15) is 0 Å². The Kier molecular flexibility index (Phi) is 23.9. The summed E-state index contributed by atoms with van der Waals surface area (Å²) < 4.78 is 14.3. The smallest absolute Gasteiger partial charge is 0.330 e. The zero-order chi connectivity index (χ0) is 29.0. The van der Waals surface area contributed by atoms with Crippen LogP contribution in [-0.4, -0.2) is 106 Å². The summed E-state index contributed by atoms with van der Waals surface area (Å²) in [4.78, 5) is 49.0. The molecule has 2 aliphatic rings. The Morgan fingerprint density at radius 3 is 1.73 bits per heavy atom. The third-order valence-electron chi connectivity index (χ3n) is 5.11. The largest absolute Gasteiger partial charge is 0.394 e. The molecular formula is C21H39N5O12P2Y. The summed E-state index contributed by atoms with van der Waals surface area (Å²) in [6, 6.07) is 2.33. The number of aromatic amines is 3. The minimum absolute atomic E-state index is 0. The normalized spacial score (nSPS) is 27.4. The number of hydrogen-bond donors (Lipinski definition) is 9. The molecule has 3 unspecified atom stereocenters. The predicted octanol–water partition coefficient (Wildman–Crippen LogP) is -2.93. The first-order valence-corrected chi connectivity index (χ1v) is 11.8. The van der Waals surface area contributed by atoms with Crippen LogP contribution in [-0.2, 0) is 42.2 Å². The van der Waals surface area contributed by atoms with E-state index in [9.17, 15) is 29.4 Å². The van der Waals surface area contributed by atoms with Crippen LogP contribution in [0.25, 0.3) is 0 Å². The molecule has 2 saturated heterocycles. The van der Waals surface area contributed by atoms with Crippen molar-refractivity contribution in [2.24, 2.45) is 4.52 Å². The molecule has 4 rings (SSSR count). The van der Waals surface area contributed by atoms with Gasteiger partial charge in [-0.25, -0.2) is 9.59 Å². The van der Waals surface area contributed by atoms with Crippen molar-refractivity contribution < 1.29 is 72.8 Å². The van der Waals surface area contributed by atoms with Gasteiger partial charge in [-0.1, -0.05) is 14.9 Å². The number of rotatable bonds is 3. The molecule has 17 nitrogen and oxygen atoms in total. The quantitative estimate of drug-likeness (QED) is 0.145. The summed E-state index contributed by atoms with van der Waals surface area (Å²) in [7, 11) is 4.89. The Balaban J connectivity index is -0.000000520. The van der Waals surface area contributed by atoms with Gasteiger partial charge in [0.25, 0.3) is 11.1 Å². The van der Waals surface area contributed by atoms with Crippen molar-refractivity contribution in [2.45, 2.75) is 70.7 Å². The molecule has 20 heteroatoms. The molecule has 0 aliphatic carbocycles. The second-order valence-corrected chi connectivity index (χ2v) is 8.75. The second-order valence-electron chi connectivity index (χ2n) is 7.71. The number of aliphatic hydroxyl groups excluding tert-OH is 6. The van der Waals surface area contributed by atoms with Gasteiger partial charge in [0.15, 0.2) is 6.23 Å². The van der Waals surface area contributed by atoms with Crippen LogP contribution < -0.4 is 22.5 Å². The maximum absolute atomic E-state index is 11.4. The van der Waals surface area contributed by atoms with E-state index >= 15 is 0 Å². The van der Waals surface area contributed by atoms with E-state index in [4.69, 9.17) is 29.9 Å². The standard InChI is InChI=1S/C9H12N2O6.C6H12O4.C4H4N2O2.2CH4.H3NP2.Y/c12-3-4-6(14)7(15)8(17-4)11-2-1-5(13)10-9(11)16;1-3-5(8)6(9)4(2-7)10-3;7-3-1-2-5-4(8)6-3;;;2-1-3;/h1-2,4,6-8,12,14-15H,3H2,(H,10,13,16);3-9H,2H2,1H3;1-2H,(H2,5,6,7,8);2*1H4;2H,3H2;/t4-,6?,7+,8-;3-,4-,5-,6?;;;;;/m11...../s1. The topological polar surface area (TPSA) is 273 Å².